The Bertz CT molecular complexity index is 745. The predicted molar refractivity (Wildman–Crippen MR) is 85.0 cm³/mol. The van der Waals surface area contributed by atoms with Crippen LogP contribution in [0, 0.1) is 0 Å². The molecule has 1 aromatic heterocycles. The van der Waals surface area contributed by atoms with Gasteiger partial charge in [-0.05, 0) is 36.5 Å². The van der Waals surface area contributed by atoms with Crippen LogP contribution in [0.25, 0.3) is 0 Å². The first-order valence-corrected chi connectivity index (χ1v) is 8.13. The molecule has 1 aliphatic heterocycles. The van der Waals surface area contributed by atoms with Crippen molar-refractivity contribution in [2.75, 3.05) is 6.61 Å². The van der Waals surface area contributed by atoms with Crippen molar-refractivity contribution in [3.63, 3.8) is 0 Å². The number of fused-ring (bicyclic) bond motifs is 2. The first kappa shape index (κ1) is 14.3. The largest absolute Gasteiger partial charge is 0.376 e. The van der Waals surface area contributed by atoms with E-state index in [4.69, 9.17) is 4.74 Å². The van der Waals surface area contributed by atoms with E-state index in [1.807, 2.05) is 12.1 Å². The Morgan fingerprint density at radius 3 is 3.04 bits per heavy atom. The Hall–Kier alpha value is -2.27. The maximum atomic E-state index is 12.6. The Kier molecular flexibility index (Phi) is 3.79. The van der Waals surface area contributed by atoms with Crippen molar-refractivity contribution in [3.05, 3.63) is 58.4 Å². The van der Waals surface area contributed by atoms with Crippen molar-refractivity contribution in [2.45, 2.75) is 38.3 Å². The number of hydrogen-bond acceptors (Lipinski definition) is 4. The van der Waals surface area contributed by atoms with E-state index >= 15 is 0 Å². The number of nitrogens with zero attached hydrogens (tertiary/aromatic N) is 2. The third kappa shape index (κ3) is 2.84. The highest BCUT2D eigenvalue weighted by Crippen LogP contribution is 2.29. The maximum Gasteiger partial charge on any atom is 0.272 e. The SMILES string of the molecule is O=C(NC1CCCc2ccccc21)c1cc2c(nn1)CCOC2. The smallest absolute Gasteiger partial charge is 0.272 e. The van der Waals surface area contributed by atoms with Crippen molar-refractivity contribution >= 4 is 5.91 Å². The lowest BCUT2D eigenvalue weighted by atomic mass is 9.87. The molecule has 1 amide bonds. The summed E-state index contributed by atoms with van der Waals surface area (Å²) >= 11 is 0. The molecule has 2 heterocycles. The van der Waals surface area contributed by atoms with Crippen LogP contribution in [0.3, 0.4) is 0 Å². The lowest BCUT2D eigenvalue weighted by Gasteiger charge is -2.26. The van der Waals surface area contributed by atoms with Crippen molar-refractivity contribution in [3.8, 4) is 0 Å². The Balaban J connectivity index is 1.55. The van der Waals surface area contributed by atoms with Crippen molar-refractivity contribution < 1.29 is 9.53 Å². The van der Waals surface area contributed by atoms with Gasteiger partial charge in [-0.2, -0.15) is 5.10 Å². The summed E-state index contributed by atoms with van der Waals surface area (Å²) in [5.74, 6) is -0.160. The molecule has 1 aliphatic carbocycles. The molecule has 0 saturated heterocycles. The lowest BCUT2D eigenvalue weighted by molar-refractivity contribution is 0.0922. The molecule has 0 saturated carbocycles. The number of amides is 1. The van der Waals surface area contributed by atoms with E-state index in [0.717, 1.165) is 36.9 Å². The van der Waals surface area contributed by atoms with E-state index in [1.54, 1.807) is 0 Å². The van der Waals surface area contributed by atoms with Crippen LogP contribution in [-0.4, -0.2) is 22.7 Å². The summed E-state index contributed by atoms with van der Waals surface area (Å²) in [6.45, 7) is 1.18. The molecule has 1 aromatic carbocycles. The van der Waals surface area contributed by atoms with Gasteiger partial charge in [-0.15, -0.1) is 5.10 Å². The first-order chi connectivity index (χ1) is 11.3. The van der Waals surface area contributed by atoms with Crippen LogP contribution in [0.1, 0.15) is 51.8 Å². The summed E-state index contributed by atoms with van der Waals surface area (Å²) in [6.07, 6.45) is 3.90. The summed E-state index contributed by atoms with van der Waals surface area (Å²) in [5, 5.41) is 11.4. The van der Waals surface area contributed by atoms with Crippen LogP contribution in [0.2, 0.25) is 0 Å². The molecule has 5 heteroatoms. The molecule has 1 unspecified atom stereocenters. The van der Waals surface area contributed by atoms with E-state index in [1.165, 1.54) is 11.1 Å². The molecule has 2 aliphatic rings. The standard InChI is InChI=1S/C18H19N3O2/c22-18(17-10-13-11-23-9-8-15(13)20-21-17)19-16-7-3-5-12-4-1-2-6-14(12)16/h1-2,4,6,10,16H,3,5,7-9,11H2,(H,19,22). The Morgan fingerprint density at radius 2 is 2.09 bits per heavy atom. The van der Waals surface area contributed by atoms with Crippen LogP contribution in [0.15, 0.2) is 30.3 Å². The fraction of sp³-hybridized carbons (Fsp3) is 0.389. The number of aryl methyl sites for hydroxylation is 1. The molecule has 23 heavy (non-hydrogen) atoms. The number of aromatic nitrogens is 2. The molecule has 0 spiro atoms. The number of hydrogen-bond donors (Lipinski definition) is 1. The van der Waals surface area contributed by atoms with E-state index in [-0.39, 0.29) is 11.9 Å². The zero-order valence-corrected chi connectivity index (χ0v) is 12.9. The van der Waals surface area contributed by atoms with E-state index < -0.39 is 0 Å². The zero-order chi connectivity index (χ0) is 15.6. The third-order valence-corrected chi connectivity index (χ3v) is 4.61. The second kappa shape index (κ2) is 6.08. The van der Waals surface area contributed by atoms with Gasteiger partial charge < -0.3 is 10.1 Å². The van der Waals surface area contributed by atoms with Crippen LogP contribution in [0.5, 0.6) is 0 Å². The van der Waals surface area contributed by atoms with Gasteiger partial charge in [-0.3, -0.25) is 4.79 Å². The molecule has 1 atom stereocenters. The third-order valence-electron chi connectivity index (χ3n) is 4.61. The average molecular weight is 309 g/mol. The van der Waals surface area contributed by atoms with Crippen LogP contribution in [-0.2, 0) is 24.2 Å². The number of benzene rings is 1. The summed E-state index contributed by atoms with van der Waals surface area (Å²) in [6, 6.07) is 10.2. The Labute approximate surface area is 135 Å². The van der Waals surface area contributed by atoms with Gasteiger partial charge in [0.05, 0.1) is 24.9 Å². The van der Waals surface area contributed by atoms with Gasteiger partial charge in [-0.1, -0.05) is 24.3 Å². The number of nitrogens with one attached hydrogen (secondary N) is 1. The quantitative estimate of drug-likeness (QED) is 0.925. The average Bonchev–Trinajstić information content (AvgIpc) is 2.61. The monoisotopic (exact) mass is 309 g/mol. The first-order valence-electron chi connectivity index (χ1n) is 8.13. The van der Waals surface area contributed by atoms with Gasteiger partial charge in [0, 0.05) is 12.0 Å². The molecule has 4 rings (SSSR count). The topological polar surface area (TPSA) is 64.1 Å². The molecular weight excluding hydrogens is 290 g/mol. The normalized spacial score (nSPS) is 19.6. The van der Waals surface area contributed by atoms with Gasteiger partial charge in [0.25, 0.3) is 5.91 Å². The van der Waals surface area contributed by atoms with Crippen molar-refractivity contribution in [1.29, 1.82) is 0 Å². The minimum Gasteiger partial charge on any atom is -0.376 e. The summed E-state index contributed by atoms with van der Waals surface area (Å²) in [5.41, 5.74) is 4.84. The second-order valence-electron chi connectivity index (χ2n) is 6.12. The highest BCUT2D eigenvalue weighted by atomic mass is 16.5. The number of carbonyl (C=O) groups is 1. The molecular formula is C18H19N3O2. The van der Waals surface area contributed by atoms with Crippen molar-refractivity contribution in [2.24, 2.45) is 0 Å². The van der Waals surface area contributed by atoms with Gasteiger partial charge in [0.1, 0.15) is 0 Å². The summed E-state index contributed by atoms with van der Waals surface area (Å²) < 4.78 is 5.43. The minimum atomic E-state index is -0.160. The fourth-order valence-corrected chi connectivity index (χ4v) is 3.39. The number of ether oxygens (including phenoxy) is 1. The fourth-order valence-electron chi connectivity index (χ4n) is 3.39. The highest BCUT2D eigenvalue weighted by Gasteiger charge is 2.23. The zero-order valence-electron chi connectivity index (χ0n) is 12.9. The summed E-state index contributed by atoms with van der Waals surface area (Å²) in [4.78, 5) is 12.6. The minimum absolute atomic E-state index is 0.0570. The van der Waals surface area contributed by atoms with E-state index in [0.29, 0.717) is 18.9 Å². The number of rotatable bonds is 2. The maximum absolute atomic E-state index is 12.6. The molecule has 0 fully saturated rings. The highest BCUT2D eigenvalue weighted by molar-refractivity contribution is 5.92. The predicted octanol–water partition coefficient (Wildman–Crippen LogP) is 2.36. The molecule has 118 valence electrons. The van der Waals surface area contributed by atoms with E-state index in [2.05, 4.69) is 33.7 Å². The second-order valence-corrected chi connectivity index (χ2v) is 6.12. The van der Waals surface area contributed by atoms with Gasteiger partial charge in [0.2, 0.25) is 0 Å². The molecule has 5 nitrogen and oxygen atoms in total. The van der Waals surface area contributed by atoms with Gasteiger partial charge in [0.15, 0.2) is 5.69 Å². The van der Waals surface area contributed by atoms with E-state index in [9.17, 15) is 4.79 Å². The van der Waals surface area contributed by atoms with Crippen molar-refractivity contribution in [1.82, 2.24) is 15.5 Å². The lowest BCUT2D eigenvalue weighted by Crippen LogP contribution is -2.32. The van der Waals surface area contributed by atoms with Gasteiger partial charge >= 0.3 is 0 Å². The van der Waals surface area contributed by atoms with Crippen LogP contribution >= 0.6 is 0 Å². The Morgan fingerprint density at radius 1 is 1.17 bits per heavy atom. The number of carbonyl (C=O) groups excluding carboxylic acids is 1. The van der Waals surface area contributed by atoms with Crippen LogP contribution in [0.4, 0.5) is 0 Å². The summed E-state index contributed by atoms with van der Waals surface area (Å²) in [7, 11) is 0. The molecule has 0 bridgehead atoms. The molecule has 0 radical (unpaired) electrons. The molecule has 1 N–H and O–H groups in total. The van der Waals surface area contributed by atoms with Crippen LogP contribution < -0.4 is 5.32 Å². The molecule has 2 aromatic rings. The van der Waals surface area contributed by atoms with Gasteiger partial charge in [-0.25, -0.2) is 0 Å².